The summed E-state index contributed by atoms with van der Waals surface area (Å²) in [5, 5.41) is 0.775. The highest BCUT2D eigenvalue weighted by atomic mass is 35.5. The third kappa shape index (κ3) is 3.92. The van der Waals surface area contributed by atoms with Crippen molar-refractivity contribution >= 4 is 34.9 Å². The van der Waals surface area contributed by atoms with Crippen molar-refractivity contribution in [1.82, 2.24) is 0 Å². The van der Waals surface area contributed by atoms with E-state index < -0.39 is 11.8 Å². The molecule has 23 heavy (non-hydrogen) atoms. The van der Waals surface area contributed by atoms with Gasteiger partial charge in [0.1, 0.15) is 0 Å². The third-order valence-electron chi connectivity index (χ3n) is 3.76. The lowest BCUT2D eigenvalue weighted by Crippen LogP contribution is -2.24. The Morgan fingerprint density at radius 3 is 2.26 bits per heavy atom. The van der Waals surface area contributed by atoms with Gasteiger partial charge in [0.15, 0.2) is 5.78 Å². The zero-order valence-corrected chi connectivity index (χ0v) is 14.4. The summed E-state index contributed by atoms with van der Waals surface area (Å²) in [6.07, 6.45) is 0.273. The van der Waals surface area contributed by atoms with Crippen LogP contribution in [0.3, 0.4) is 0 Å². The fourth-order valence-corrected chi connectivity index (χ4v) is 3.30. The zero-order valence-electron chi connectivity index (χ0n) is 12.9. The zero-order chi connectivity index (χ0) is 17.1. The second-order valence-electron chi connectivity index (χ2n) is 5.51. The molecular weight excluding hydrogens is 333 g/mol. The Bertz CT molecular complexity index is 751. The van der Waals surface area contributed by atoms with Crippen LogP contribution in [-0.4, -0.2) is 11.7 Å². The maximum Gasteiger partial charge on any atom is 0.225 e. The number of amides is 1. The molecule has 0 radical (unpaired) electrons. The molecule has 0 aliphatic heterocycles. The van der Waals surface area contributed by atoms with E-state index in [1.165, 1.54) is 6.92 Å². The number of aryl methyl sites for hydroxylation is 1. The van der Waals surface area contributed by atoms with Crippen LogP contribution in [-0.2, 0) is 11.2 Å². The van der Waals surface area contributed by atoms with E-state index in [1.54, 1.807) is 24.3 Å². The first-order valence-electron chi connectivity index (χ1n) is 7.15. The van der Waals surface area contributed by atoms with Gasteiger partial charge in [-0.05, 0) is 38.0 Å². The Morgan fingerprint density at radius 2 is 1.74 bits per heavy atom. The molecule has 2 N–H and O–H groups in total. The molecule has 2 rings (SSSR count). The van der Waals surface area contributed by atoms with Gasteiger partial charge in [-0.25, -0.2) is 0 Å². The molecule has 0 aliphatic rings. The normalized spacial score (nSPS) is 12.0. The summed E-state index contributed by atoms with van der Waals surface area (Å²) in [6.45, 7) is 3.42. The first-order valence-corrected chi connectivity index (χ1v) is 7.90. The van der Waals surface area contributed by atoms with Crippen molar-refractivity contribution in [2.45, 2.75) is 26.2 Å². The van der Waals surface area contributed by atoms with E-state index >= 15 is 0 Å². The largest absolute Gasteiger partial charge is 0.369 e. The van der Waals surface area contributed by atoms with Gasteiger partial charge in [-0.2, -0.15) is 0 Å². The number of carbonyl (C=O) groups excluding carboxylic acids is 2. The molecule has 2 aromatic rings. The summed E-state index contributed by atoms with van der Waals surface area (Å²) in [6, 6.07) is 10.6. The standard InChI is InChI=1S/C18H17Cl2NO2/c1-10-6-7-13(11(2)22)12(8-10)9-14(18(21)23)17-15(19)4-3-5-16(17)20/h3-8,14H,9H2,1-2H3,(H2,21,23). The number of primary amides is 1. The molecule has 0 spiro atoms. The van der Waals surface area contributed by atoms with Gasteiger partial charge < -0.3 is 5.73 Å². The maximum absolute atomic E-state index is 12.0. The van der Waals surface area contributed by atoms with Gasteiger partial charge >= 0.3 is 0 Å². The minimum atomic E-state index is -0.698. The monoisotopic (exact) mass is 349 g/mol. The molecule has 1 amide bonds. The lowest BCUT2D eigenvalue weighted by Gasteiger charge is -2.18. The Balaban J connectivity index is 2.52. The Hall–Kier alpha value is -1.84. The summed E-state index contributed by atoms with van der Waals surface area (Å²) in [5.41, 5.74) is 8.41. The van der Waals surface area contributed by atoms with Crippen molar-refractivity contribution in [3.63, 3.8) is 0 Å². The van der Waals surface area contributed by atoms with Gasteiger partial charge in [-0.3, -0.25) is 9.59 Å². The predicted octanol–water partition coefficient (Wildman–Crippen LogP) is 4.32. The molecule has 1 unspecified atom stereocenters. The fourth-order valence-electron chi connectivity index (χ4n) is 2.64. The van der Waals surface area contributed by atoms with E-state index in [9.17, 15) is 9.59 Å². The predicted molar refractivity (Wildman–Crippen MR) is 93.3 cm³/mol. The number of nitrogens with two attached hydrogens (primary N) is 1. The second-order valence-corrected chi connectivity index (χ2v) is 6.33. The molecule has 0 aliphatic carbocycles. The quantitative estimate of drug-likeness (QED) is 0.817. The minimum absolute atomic E-state index is 0.0616. The summed E-state index contributed by atoms with van der Waals surface area (Å²) >= 11 is 12.4. The molecule has 0 saturated carbocycles. The van der Waals surface area contributed by atoms with Crippen molar-refractivity contribution in [3.05, 3.63) is 68.7 Å². The summed E-state index contributed by atoms with van der Waals surface area (Å²) in [4.78, 5) is 23.8. The van der Waals surface area contributed by atoms with Gasteiger partial charge in [0.05, 0.1) is 5.92 Å². The smallest absolute Gasteiger partial charge is 0.225 e. The number of ketones is 1. The van der Waals surface area contributed by atoms with E-state index in [-0.39, 0.29) is 12.2 Å². The fraction of sp³-hybridized carbons (Fsp3) is 0.222. The van der Waals surface area contributed by atoms with Crippen LogP contribution in [0.2, 0.25) is 10.0 Å². The van der Waals surface area contributed by atoms with Crippen LogP contribution < -0.4 is 5.73 Å². The molecular formula is C18H17Cl2NO2. The summed E-state index contributed by atoms with van der Waals surface area (Å²) < 4.78 is 0. The molecule has 1 atom stereocenters. The number of carbonyl (C=O) groups is 2. The van der Waals surface area contributed by atoms with Crippen LogP contribution in [0.1, 0.15) is 39.9 Å². The van der Waals surface area contributed by atoms with Crippen LogP contribution >= 0.6 is 23.2 Å². The summed E-state index contributed by atoms with van der Waals surface area (Å²) in [7, 11) is 0. The number of hydrogen-bond donors (Lipinski definition) is 1. The molecule has 120 valence electrons. The molecule has 2 aromatic carbocycles. The lowest BCUT2D eigenvalue weighted by atomic mass is 9.88. The van der Waals surface area contributed by atoms with Crippen molar-refractivity contribution in [1.29, 1.82) is 0 Å². The molecule has 0 aromatic heterocycles. The lowest BCUT2D eigenvalue weighted by molar-refractivity contribution is -0.119. The van der Waals surface area contributed by atoms with Crippen molar-refractivity contribution in [3.8, 4) is 0 Å². The highest BCUT2D eigenvalue weighted by molar-refractivity contribution is 6.36. The number of Topliss-reactive ketones (excluding diaryl/α,β-unsaturated/α-hetero) is 1. The van der Waals surface area contributed by atoms with Crippen molar-refractivity contribution in [2.24, 2.45) is 5.73 Å². The minimum Gasteiger partial charge on any atom is -0.369 e. The van der Waals surface area contributed by atoms with Gasteiger partial charge in [-0.1, -0.05) is 53.0 Å². The molecule has 0 bridgehead atoms. The van der Waals surface area contributed by atoms with Crippen LogP contribution in [0.15, 0.2) is 36.4 Å². The molecule has 0 fully saturated rings. The Morgan fingerprint density at radius 1 is 1.13 bits per heavy atom. The van der Waals surface area contributed by atoms with Crippen LogP contribution in [0, 0.1) is 6.92 Å². The number of rotatable bonds is 5. The highest BCUT2D eigenvalue weighted by Crippen LogP contribution is 2.34. The van der Waals surface area contributed by atoms with Gasteiger partial charge in [0.2, 0.25) is 5.91 Å². The molecule has 0 heterocycles. The van der Waals surface area contributed by atoms with E-state index in [0.29, 0.717) is 21.2 Å². The first kappa shape index (κ1) is 17.5. The number of halogens is 2. The molecule has 0 saturated heterocycles. The summed E-state index contributed by atoms with van der Waals surface area (Å²) in [5.74, 6) is -1.29. The average Bonchev–Trinajstić information content (AvgIpc) is 2.45. The van der Waals surface area contributed by atoms with Gasteiger partial charge in [0, 0.05) is 21.2 Å². The van der Waals surface area contributed by atoms with Crippen molar-refractivity contribution < 1.29 is 9.59 Å². The molecule has 5 heteroatoms. The second kappa shape index (κ2) is 7.16. The molecule has 3 nitrogen and oxygen atoms in total. The van der Waals surface area contributed by atoms with Crippen LogP contribution in [0.25, 0.3) is 0 Å². The highest BCUT2D eigenvalue weighted by Gasteiger charge is 2.25. The number of hydrogen-bond acceptors (Lipinski definition) is 2. The van der Waals surface area contributed by atoms with E-state index in [0.717, 1.165) is 11.1 Å². The van der Waals surface area contributed by atoms with E-state index in [2.05, 4.69) is 0 Å². The third-order valence-corrected chi connectivity index (χ3v) is 4.41. The Labute approximate surface area is 145 Å². The van der Waals surface area contributed by atoms with E-state index in [4.69, 9.17) is 28.9 Å². The average molecular weight is 350 g/mol. The maximum atomic E-state index is 12.0. The van der Waals surface area contributed by atoms with Crippen LogP contribution in [0.5, 0.6) is 0 Å². The first-order chi connectivity index (χ1) is 10.8. The Kier molecular flexibility index (Phi) is 5.45. The van der Waals surface area contributed by atoms with Crippen molar-refractivity contribution in [2.75, 3.05) is 0 Å². The van der Waals surface area contributed by atoms with E-state index in [1.807, 2.05) is 19.1 Å². The number of benzene rings is 2. The van der Waals surface area contributed by atoms with Gasteiger partial charge in [0.25, 0.3) is 0 Å². The van der Waals surface area contributed by atoms with Crippen LogP contribution in [0.4, 0.5) is 0 Å². The van der Waals surface area contributed by atoms with Gasteiger partial charge in [-0.15, -0.1) is 0 Å². The topological polar surface area (TPSA) is 60.2 Å². The SMILES string of the molecule is CC(=O)c1ccc(C)cc1CC(C(N)=O)c1c(Cl)cccc1Cl.